The van der Waals surface area contributed by atoms with E-state index in [1.54, 1.807) is 23.9 Å². The predicted octanol–water partition coefficient (Wildman–Crippen LogP) is 2.30. The van der Waals surface area contributed by atoms with Gasteiger partial charge in [0.2, 0.25) is 0 Å². The maximum atomic E-state index is 11.9. The van der Waals surface area contributed by atoms with Crippen LogP contribution in [0.3, 0.4) is 0 Å². The van der Waals surface area contributed by atoms with E-state index in [0.717, 1.165) is 4.90 Å². The van der Waals surface area contributed by atoms with E-state index in [9.17, 15) is 9.90 Å². The van der Waals surface area contributed by atoms with Gasteiger partial charge < -0.3 is 10.4 Å². The Bertz CT molecular complexity index is 372. The number of carbonyl (C=O) groups is 1. The molecular formula is C13H19NO2S. The van der Waals surface area contributed by atoms with E-state index in [2.05, 4.69) is 5.32 Å². The largest absolute Gasteiger partial charge is 0.394 e. The zero-order valence-corrected chi connectivity index (χ0v) is 11.3. The van der Waals surface area contributed by atoms with Gasteiger partial charge in [0, 0.05) is 10.5 Å². The number of aliphatic hydroxyl groups is 1. The van der Waals surface area contributed by atoms with E-state index in [1.807, 2.05) is 32.2 Å². The Kier molecular flexibility index (Phi) is 5.02. The van der Waals surface area contributed by atoms with Crippen molar-refractivity contribution in [3.05, 3.63) is 29.8 Å². The van der Waals surface area contributed by atoms with E-state index in [1.165, 1.54) is 0 Å². The minimum atomic E-state index is -0.546. The number of rotatable bonds is 5. The second kappa shape index (κ2) is 6.07. The fourth-order valence-electron chi connectivity index (χ4n) is 1.33. The smallest absolute Gasteiger partial charge is 0.251 e. The minimum absolute atomic E-state index is 0.0574. The first-order valence-electron chi connectivity index (χ1n) is 5.62. The average Bonchev–Trinajstić information content (AvgIpc) is 2.38. The van der Waals surface area contributed by atoms with Gasteiger partial charge in [-0.15, -0.1) is 11.8 Å². The van der Waals surface area contributed by atoms with Crippen LogP contribution in [0.4, 0.5) is 0 Å². The predicted molar refractivity (Wildman–Crippen MR) is 71.5 cm³/mol. The molecule has 0 radical (unpaired) electrons. The SMILES string of the molecule is CCC(C)(CO)NC(=O)c1ccc(SC)cc1. The van der Waals surface area contributed by atoms with Crippen molar-refractivity contribution in [3.8, 4) is 0 Å². The lowest BCUT2D eigenvalue weighted by molar-refractivity contribution is 0.0847. The number of amides is 1. The second-order valence-corrected chi connectivity index (χ2v) is 5.13. The molecule has 0 heterocycles. The summed E-state index contributed by atoms with van der Waals surface area (Å²) in [5.74, 6) is -0.143. The lowest BCUT2D eigenvalue weighted by atomic mass is 9.99. The molecular weight excluding hydrogens is 234 g/mol. The van der Waals surface area contributed by atoms with Crippen LogP contribution in [0.5, 0.6) is 0 Å². The third-order valence-electron chi connectivity index (χ3n) is 2.90. The summed E-state index contributed by atoms with van der Waals surface area (Å²) in [5, 5.41) is 12.1. The van der Waals surface area contributed by atoms with Crippen molar-refractivity contribution in [3.63, 3.8) is 0 Å². The third kappa shape index (κ3) is 3.75. The summed E-state index contributed by atoms with van der Waals surface area (Å²) < 4.78 is 0. The van der Waals surface area contributed by atoms with Crippen LogP contribution in [-0.4, -0.2) is 29.4 Å². The quantitative estimate of drug-likeness (QED) is 0.792. The fraction of sp³-hybridized carbons (Fsp3) is 0.462. The van der Waals surface area contributed by atoms with Gasteiger partial charge in [-0.2, -0.15) is 0 Å². The topological polar surface area (TPSA) is 49.3 Å². The second-order valence-electron chi connectivity index (χ2n) is 4.25. The molecule has 0 aliphatic rings. The summed E-state index contributed by atoms with van der Waals surface area (Å²) in [6, 6.07) is 7.44. The van der Waals surface area contributed by atoms with Crippen molar-refractivity contribution in [2.24, 2.45) is 0 Å². The van der Waals surface area contributed by atoms with Crippen molar-refractivity contribution in [2.45, 2.75) is 30.7 Å². The number of nitrogens with one attached hydrogen (secondary N) is 1. The molecule has 2 N–H and O–H groups in total. The van der Waals surface area contributed by atoms with E-state index in [4.69, 9.17) is 0 Å². The molecule has 0 bridgehead atoms. The number of thioether (sulfide) groups is 1. The molecule has 0 aromatic heterocycles. The molecule has 94 valence electrons. The Morgan fingerprint density at radius 1 is 1.41 bits per heavy atom. The summed E-state index contributed by atoms with van der Waals surface area (Å²) in [5.41, 5.74) is 0.0749. The van der Waals surface area contributed by atoms with Gasteiger partial charge >= 0.3 is 0 Å². The summed E-state index contributed by atoms with van der Waals surface area (Å²) >= 11 is 1.64. The van der Waals surface area contributed by atoms with Crippen molar-refractivity contribution in [1.82, 2.24) is 5.32 Å². The fourth-order valence-corrected chi connectivity index (χ4v) is 1.74. The van der Waals surface area contributed by atoms with Gasteiger partial charge in [-0.1, -0.05) is 6.92 Å². The monoisotopic (exact) mass is 253 g/mol. The van der Waals surface area contributed by atoms with Crippen LogP contribution >= 0.6 is 11.8 Å². The van der Waals surface area contributed by atoms with Crippen LogP contribution in [0.25, 0.3) is 0 Å². The molecule has 1 aromatic carbocycles. The highest BCUT2D eigenvalue weighted by atomic mass is 32.2. The highest BCUT2D eigenvalue weighted by Gasteiger charge is 2.23. The maximum absolute atomic E-state index is 11.9. The van der Waals surface area contributed by atoms with Crippen LogP contribution in [0, 0.1) is 0 Å². The normalized spacial score (nSPS) is 14.1. The zero-order chi connectivity index (χ0) is 12.9. The lowest BCUT2D eigenvalue weighted by Gasteiger charge is -2.27. The summed E-state index contributed by atoms with van der Waals surface area (Å²) in [7, 11) is 0. The highest BCUT2D eigenvalue weighted by Crippen LogP contribution is 2.16. The molecule has 3 nitrogen and oxygen atoms in total. The standard InChI is InChI=1S/C13H19NO2S/c1-4-13(2,9-15)14-12(16)10-5-7-11(17-3)8-6-10/h5-8,15H,4,9H2,1-3H3,(H,14,16). The summed E-state index contributed by atoms with van der Waals surface area (Å²) in [4.78, 5) is 13.1. The van der Waals surface area contributed by atoms with E-state index < -0.39 is 5.54 Å². The average molecular weight is 253 g/mol. The Morgan fingerprint density at radius 3 is 2.41 bits per heavy atom. The van der Waals surface area contributed by atoms with Gasteiger partial charge in [0.15, 0.2) is 0 Å². The number of aliphatic hydroxyl groups excluding tert-OH is 1. The molecule has 1 unspecified atom stereocenters. The molecule has 1 atom stereocenters. The lowest BCUT2D eigenvalue weighted by Crippen LogP contribution is -2.48. The molecule has 0 aliphatic heterocycles. The Hall–Kier alpha value is -1.00. The zero-order valence-electron chi connectivity index (χ0n) is 10.5. The summed E-state index contributed by atoms with van der Waals surface area (Å²) in [6.45, 7) is 3.71. The molecule has 1 aromatic rings. The van der Waals surface area contributed by atoms with E-state index in [-0.39, 0.29) is 12.5 Å². The first-order valence-corrected chi connectivity index (χ1v) is 6.84. The van der Waals surface area contributed by atoms with Crippen LogP contribution < -0.4 is 5.32 Å². The molecule has 0 aliphatic carbocycles. The van der Waals surface area contributed by atoms with Gasteiger partial charge in [0.25, 0.3) is 5.91 Å². The number of benzene rings is 1. The molecule has 17 heavy (non-hydrogen) atoms. The van der Waals surface area contributed by atoms with Crippen molar-refractivity contribution in [2.75, 3.05) is 12.9 Å². The Labute approximate surface area is 107 Å². The first-order chi connectivity index (χ1) is 8.04. The molecule has 0 saturated heterocycles. The van der Waals surface area contributed by atoms with Crippen LogP contribution in [0.1, 0.15) is 30.6 Å². The summed E-state index contributed by atoms with van der Waals surface area (Å²) in [6.07, 6.45) is 2.69. The van der Waals surface area contributed by atoms with E-state index >= 15 is 0 Å². The minimum Gasteiger partial charge on any atom is -0.394 e. The Balaban J connectivity index is 2.75. The van der Waals surface area contributed by atoms with Gasteiger partial charge in [0.05, 0.1) is 12.1 Å². The van der Waals surface area contributed by atoms with E-state index in [0.29, 0.717) is 12.0 Å². The molecule has 1 rings (SSSR count). The van der Waals surface area contributed by atoms with Gasteiger partial charge in [0.1, 0.15) is 0 Å². The molecule has 0 saturated carbocycles. The number of hydrogen-bond donors (Lipinski definition) is 2. The van der Waals surface area contributed by atoms with Crippen molar-refractivity contribution in [1.29, 1.82) is 0 Å². The molecule has 4 heteroatoms. The number of hydrogen-bond acceptors (Lipinski definition) is 3. The Morgan fingerprint density at radius 2 is 2.00 bits per heavy atom. The molecule has 0 spiro atoms. The van der Waals surface area contributed by atoms with Crippen molar-refractivity contribution < 1.29 is 9.90 Å². The maximum Gasteiger partial charge on any atom is 0.251 e. The van der Waals surface area contributed by atoms with Gasteiger partial charge in [-0.05, 0) is 43.9 Å². The van der Waals surface area contributed by atoms with Gasteiger partial charge in [-0.3, -0.25) is 4.79 Å². The molecule has 0 fully saturated rings. The van der Waals surface area contributed by atoms with Crippen molar-refractivity contribution >= 4 is 17.7 Å². The van der Waals surface area contributed by atoms with Crippen LogP contribution in [0.2, 0.25) is 0 Å². The first kappa shape index (κ1) is 14.1. The molecule has 1 amide bonds. The van der Waals surface area contributed by atoms with Crippen LogP contribution in [0.15, 0.2) is 29.2 Å². The highest BCUT2D eigenvalue weighted by molar-refractivity contribution is 7.98. The van der Waals surface area contributed by atoms with Crippen LogP contribution in [-0.2, 0) is 0 Å². The number of carbonyl (C=O) groups excluding carboxylic acids is 1. The third-order valence-corrected chi connectivity index (χ3v) is 3.64. The van der Waals surface area contributed by atoms with Gasteiger partial charge in [-0.25, -0.2) is 0 Å².